The number of piperidine rings is 1. The molecule has 2 amide bonds. The standard InChI is InChI=1S/C21H26N4O4/c26-19(6-8-24-11-7-22-15-24)23-18-3-1-2-17(14-18)20(27)25-9-4-16(5-10-25)21-28-12-13-29-21/h1-3,7,11,14-16,21H,4-6,8-10,12-13H2,(H,23,26). The van der Waals surface area contributed by atoms with Crippen LogP contribution in [0.2, 0.25) is 0 Å². The summed E-state index contributed by atoms with van der Waals surface area (Å²) in [6, 6.07) is 7.13. The number of nitrogens with one attached hydrogen (secondary N) is 1. The van der Waals surface area contributed by atoms with E-state index >= 15 is 0 Å². The summed E-state index contributed by atoms with van der Waals surface area (Å²) in [7, 11) is 0. The maximum absolute atomic E-state index is 12.9. The second-order valence-electron chi connectivity index (χ2n) is 7.42. The lowest BCUT2D eigenvalue weighted by Crippen LogP contribution is -2.41. The molecule has 2 aliphatic heterocycles. The molecule has 1 N–H and O–H groups in total. The van der Waals surface area contributed by atoms with E-state index in [4.69, 9.17) is 9.47 Å². The number of amides is 2. The first-order valence-electron chi connectivity index (χ1n) is 10.1. The Morgan fingerprint density at radius 2 is 1.97 bits per heavy atom. The molecule has 2 aromatic rings. The number of aromatic nitrogens is 2. The second-order valence-corrected chi connectivity index (χ2v) is 7.42. The fourth-order valence-corrected chi connectivity index (χ4v) is 3.81. The van der Waals surface area contributed by atoms with Crippen LogP contribution in [0.25, 0.3) is 0 Å². The Morgan fingerprint density at radius 1 is 1.17 bits per heavy atom. The van der Waals surface area contributed by atoms with E-state index in [9.17, 15) is 9.59 Å². The molecule has 0 atom stereocenters. The van der Waals surface area contributed by atoms with Crippen molar-refractivity contribution < 1.29 is 19.1 Å². The second kappa shape index (κ2) is 9.19. The molecule has 0 spiro atoms. The maximum atomic E-state index is 12.9. The number of hydrogen-bond donors (Lipinski definition) is 1. The smallest absolute Gasteiger partial charge is 0.253 e. The Hall–Kier alpha value is -2.71. The van der Waals surface area contributed by atoms with Gasteiger partial charge in [-0.3, -0.25) is 9.59 Å². The number of rotatable bonds is 6. The number of benzene rings is 1. The molecular formula is C21H26N4O4. The Morgan fingerprint density at radius 3 is 2.69 bits per heavy atom. The monoisotopic (exact) mass is 398 g/mol. The lowest BCUT2D eigenvalue weighted by Gasteiger charge is -2.34. The average Bonchev–Trinajstić information content (AvgIpc) is 3.46. The summed E-state index contributed by atoms with van der Waals surface area (Å²) in [5, 5.41) is 2.87. The van der Waals surface area contributed by atoms with Crippen LogP contribution in [0.15, 0.2) is 43.0 Å². The van der Waals surface area contributed by atoms with Crippen molar-refractivity contribution >= 4 is 17.5 Å². The molecule has 2 aliphatic rings. The SMILES string of the molecule is O=C(CCn1ccnc1)Nc1cccc(C(=O)N2CCC(C3OCCO3)CC2)c1. The minimum Gasteiger partial charge on any atom is -0.350 e. The molecular weight excluding hydrogens is 372 g/mol. The molecule has 0 bridgehead atoms. The van der Waals surface area contributed by atoms with Crippen LogP contribution in [0.3, 0.4) is 0 Å². The summed E-state index contributed by atoms with van der Waals surface area (Å²) in [6.07, 6.45) is 7.16. The number of hydrogen-bond acceptors (Lipinski definition) is 5. The summed E-state index contributed by atoms with van der Waals surface area (Å²) < 4.78 is 13.0. The van der Waals surface area contributed by atoms with E-state index in [1.54, 1.807) is 36.8 Å². The first-order chi connectivity index (χ1) is 14.2. The Labute approximate surface area is 169 Å². The van der Waals surface area contributed by atoms with Gasteiger partial charge in [0.05, 0.1) is 19.5 Å². The third kappa shape index (κ3) is 5.02. The molecule has 0 saturated carbocycles. The van der Waals surface area contributed by atoms with E-state index in [0.29, 0.717) is 56.4 Å². The van der Waals surface area contributed by atoms with Crippen molar-refractivity contribution in [2.75, 3.05) is 31.6 Å². The summed E-state index contributed by atoms with van der Waals surface area (Å²) in [5.74, 6) is 0.245. The van der Waals surface area contributed by atoms with Gasteiger partial charge in [-0.15, -0.1) is 0 Å². The van der Waals surface area contributed by atoms with Gasteiger partial charge in [-0.2, -0.15) is 0 Å². The number of likely N-dealkylation sites (tertiary alicyclic amines) is 1. The number of anilines is 1. The molecule has 8 heteroatoms. The van der Waals surface area contributed by atoms with Gasteiger partial charge in [0.15, 0.2) is 6.29 Å². The topological polar surface area (TPSA) is 85.7 Å². The van der Waals surface area contributed by atoms with Crippen LogP contribution in [0.5, 0.6) is 0 Å². The summed E-state index contributed by atoms with van der Waals surface area (Å²) in [6.45, 7) is 3.26. The number of carbonyl (C=O) groups is 2. The fraction of sp³-hybridized carbons (Fsp3) is 0.476. The van der Waals surface area contributed by atoms with Crippen LogP contribution in [-0.2, 0) is 20.8 Å². The van der Waals surface area contributed by atoms with Gasteiger partial charge >= 0.3 is 0 Å². The van der Waals surface area contributed by atoms with Gasteiger partial charge in [0.25, 0.3) is 5.91 Å². The molecule has 1 aromatic heterocycles. The fourth-order valence-electron chi connectivity index (χ4n) is 3.81. The Kier molecular flexibility index (Phi) is 6.21. The number of carbonyl (C=O) groups excluding carboxylic acids is 2. The van der Waals surface area contributed by atoms with Crippen molar-refractivity contribution in [3.05, 3.63) is 48.5 Å². The highest BCUT2D eigenvalue weighted by molar-refractivity contribution is 5.97. The van der Waals surface area contributed by atoms with Crippen molar-refractivity contribution in [3.63, 3.8) is 0 Å². The van der Waals surface area contributed by atoms with Crippen molar-refractivity contribution in [3.8, 4) is 0 Å². The molecule has 3 heterocycles. The zero-order valence-electron chi connectivity index (χ0n) is 16.3. The van der Waals surface area contributed by atoms with Gasteiger partial charge in [-0.05, 0) is 31.0 Å². The molecule has 0 aliphatic carbocycles. The quantitative estimate of drug-likeness (QED) is 0.806. The van der Waals surface area contributed by atoms with Crippen LogP contribution >= 0.6 is 0 Å². The minimum absolute atomic E-state index is 0.00813. The van der Waals surface area contributed by atoms with Crippen LogP contribution in [0.1, 0.15) is 29.6 Å². The third-order valence-corrected chi connectivity index (χ3v) is 5.41. The van der Waals surface area contributed by atoms with Crippen molar-refractivity contribution in [2.45, 2.75) is 32.1 Å². The largest absolute Gasteiger partial charge is 0.350 e. The number of ether oxygens (including phenoxy) is 2. The predicted molar refractivity (Wildman–Crippen MR) is 106 cm³/mol. The van der Waals surface area contributed by atoms with Crippen molar-refractivity contribution in [1.82, 2.24) is 14.5 Å². The highest BCUT2D eigenvalue weighted by atomic mass is 16.7. The third-order valence-electron chi connectivity index (χ3n) is 5.41. The molecule has 0 radical (unpaired) electrons. The first kappa shape index (κ1) is 19.6. The van der Waals surface area contributed by atoms with Gasteiger partial charge < -0.3 is 24.3 Å². The molecule has 2 fully saturated rings. The lowest BCUT2D eigenvalue weighted by molar-refractivity contribution is -0.116. The first-order valence-corrected chi connectivity index (χ1v) is 10.1. The van der Waals surface area contributed by atoms with E-state index in [1.807, 2.05) is 15.7 Å². The van der Waals surface area contributed by atoms with Crippen LogP contribution in [0.4, 0.5) is 5.69 Å². The number of imidazole rings is 1. The minimum atomic E-state index is -0.117. The van der Waals surface area contributed by atoms with E-state index < -0.39 is 0 Å². The van der Waals surface area contributed by atoms with Gasteiger partial charge in [-0.25, -0.2) is 4.98 Å². The molecule has 8 nitrogen and oxygen atoms in total. The van der Waals surface area contributed by atoms with Crippen molar-refractivity contribution in [2.24, 2.45) is 5.92 Å². The van der Waals surface area contributed by atoms with Crippen LogP contribution in [-0.4, -0.2) is 58.9 Å². The zero-order valence-corrected chi connectivity index (χ0v) is 16.3. The van der Waals surface area contributed by atoms with Crippen LogP contribution < -0.4 is 5.32 Å². The predicted octanol–water partition coefficient (Wildman–Crippen LogP) is 2.14. The van der Waals surface area contributed by atoms with Gasteiger partial charge in [0, 0.05) is 55.6 Å². The summed E-state index contributed by atoms with van der Waals surface area (Å²) >= 11 is 0. The van der Waals surface area contributed by atoms with Crippen molar-refractivity contribution in [1.29, 1.82) is 0 Å². The highest BCUT2D eigenvalue weighted by Crippen LogP contribution is 2.26. The maximum Gasteiger partial charge on any atom is 0.253 e. The molecule has 4 rings (SSSR count). The Balaban J connectivity index is 1.29. The highest BCUT2D eigenvalue weighted by Gasteiger charge is 2.32. The van der Waals surface area contributed by atoms with Gasteiger partial charge in [0.2, 0.25) is 5.91 Å². The van der Waals surface area contributed by atoms with E-state index in [2.05, 4.69) is 10.3 Å². The molecule has 1 aromatic carbocycles. The molecule has 2 saturated heterocycles. The summed E-state index contributed by atoms with van der Waals surface area (Å²) in [5.41, 5.74) is 1.22. The molecule has 29 heavy (non-hydrogen) atoms. The van der Waals surface area contributed by atoms with E-state index in [-0.39, 0.29) is 18.1 Å². The van der Waals surface area contributed by atoms with E-state index in [0.717, 1.165) is 12.8 Å². The molecule has 154 valence electrons. The average molecular weight is 398 g/mol. The zero-order chi connectivity index (χ0) is 20.1. The lowest BCUT2D eigenvalue weighted by atomic mass is 9.95. The normalized spacial score (nSPS) is 18.1. The summed E-state index contributed by atoms with van der Waals surface area (Å²) in [4.78, 5) is 30.9. The number of aryl methyl sites for hydroxylation is 1. The van der Waals surface area contributed by atoms with Gasteiger partial charge in [-0.1, -0.05) is 6.07 Å². The van der Waals surface area contributed by atoms with Crippen LogP contribution in [0, 0.1) is 5.92 Å². The van der Waals surface area contributed by atoms with E-state index in [1.165, 1.54) is 0 Å². The molecule has 0 unspecified atom stereocenters. The van der Waals surface area contributed by atoms with Gasteiger partial charge in [0.1, 0.15) is 0 Å². The Bertz CT molecular complexity index is 825. The number of nitrogens with zero attached hydrogens (tertiary/aromatic N) is 3.